The molecule has 0 atom stereocenters. The maximum atomic E-state index is 10.8. The minimum Gasteiger partial charge on any atom is -0.507 e. The quantitative estimate of drug-likeness (QED) is 0.273. The van der Waals surface area contributed by atoms with Gasteiger partial charge in [-0.25, -0.2) is 0 Å². The van der Waals surface area contributed by atoms with Gasteiger partial charge in [0.25, 0.3) is 0 Å². The summed E-state index contributed by atoms with van der Waals surface area (Å²) in [7, 11) is 0. The predicted octanol–water partition coefficient (Wildman–Crippen LogP) is 7.83. The lowest BCUT2D eigenvalue weighted by Crippen LogP contribution is -2.03. The van der Waals surface area contributed by atoms with Gasteiger partial charge in [-0.05, 0) is 64.3 Å². The number of aromatic hydroxyl groups is 1. The van der Waals surface area contributed by atoms with E-state index in [4.69, 9.17) is 0 Å². The Hall–Kier alpha value is -4.10. The van der Waals surface area contributed by atoms with Crippen LogP contribution in [-0.4, -0.2) is 5.11 Å². The molecule has 0 aliphatic carbocycles. The lowest BCUT2D eigenvalue weighted by atomic mass is 9.85. The Kier molecular flexibility index (Phi) is 6.54. The molecule has 5 aromatic carbocycles. The second-order valence-corrected chi connectivity index (χ2v) is 8.79. The summed E-state index contributed by atoms with van der Waals surface area (Å²) in [6.45, 7) is 0. The van der Waals surface area contributed by atoms with Crippen molar-refractivity contribution in [3.8, 4) is 16.9 Å². The molecule has 0 radical (unpaired) electrons. The smallest absolute Gasteiger partial charge is 0.123 e. The van der Waals surface area contributed by atoms with Gasteiger partial charge < -0.3 is 5.11 Å². The molecule has 0 aromatic heterocycles. The zero-order valence-corrected chi connectivity index (χ0v) is 19.2. The van der Waals surface area contributed by atoms with Crippen LogP contribution < -0.4 is 0 Å². The highest BCUT2D eigenvalue weighted by Crippen LogP contribution is 2.36. The number of hydrogen-bond acceptors (Lipinski definition) is 1. The zero-order chi connectivity index (χ0) is 23.2. The van der Waals surface area contributed by atoms with Crippen molar-refractivity contribution < 1.29 is 5.11 Å². The van der Waals surface area contributed by atoms with Crippen LogP contribution in [-0.2, 0) is 19.3 Å². The van der Waals surface area contributed by atoms with Crippen molar-refractivity contribution in [1.29, 1.82) is 0 Å². The Labute approximate surface area is 202 Å². The van der Waals surface area contributed by atoms with Gasteiger partial charge in [0.2, 0.25) is 0 Å². The number of phenolic OH excluding ortho intramolecular Hbond substituents is 1. The molecule has 5 rings (SSSR count). The van der Waals surface area contributed by atoms with Gasteiger partial charge in [-0.3, -0.25) is 0 Å². The van der Waals surface area contributed by atoms with Crippen LogP contribution in [0.1, 0.15) is 33.4 Å². The van der Waals surface area contributed by atoms with Crippen LogP contribution in [0.5, 0.6) is 5.75 Å². The van der Waals surface area contributed by atoms with Crippen molar-refractivity contribution in [1.82, 2.24) is 0 Å². The number of phenols is 1. The normalized spacial score (nSPS) is 10.8. The summed E-state index contributed by atoms with van der Waals surface area (Å²) in [6.07, 6.45) is 2.53. The third-order valence-corrected chi connectivity index (χ3v) is 6.31. The van der Waals surface area contributed by atoms with Crippen molar-refractivity contribution in [3.05, 3.63) is 161 Å². The van der Waals surface area contributed by atoms with Crippen molar-refractivity contribution in [2.45, 2.75) is 19.3 Å². The molecule has 0 amide bonds. The highest BCUT2D eigenvalue weighted by Gasteiger charge is 2.16. The highest BCUT2D eigenvalue weighted by molar-refractivity contribution is 5.75. The summed E-state index contributed by atoms with van der Waals surface area (Å²) >= 11 is 0. The fourth-order valence-corrected chi connectivity index (χ4v) is 4.66. The molecule has 0 bridgehead atoms. The molecule has 0 saturated carbocycles. The first-order valence-electron chi connectivity index (χ1n) is 11.8. The molecule has 0 aliphatic heterocycles. The fraction of sp³-hybridized carbons (Fsp3) is 0.0909. The second-order valence-electron chi connectivity index (χ2n) is 8.79. The van der Waals surface area contributed by atoms with Crippen LogP contribution in [0.15, 0.2) is 127 Å². The molecule has 0 saturated heterocycles. The molecule has 1 nitrogen and oxygen atoms in total. The van der Waals surface area contributed by atoms with Gasteiger partial charge in [0, 0.05) is 5.56 Å². The van der Waals surface area contributed by atoms with Crippen LogP contribution in [0.3, 0.4) is 0 Å². The lowest BCUT2D eigenvalue weighted by molar-refractivity contribution is 0.477. The number of rotatable bonds is 7. The summed E-state index contributed by atoms with van der Waals surface area (Å²) in [6, 6.07) is 44.2. The van der Waals surface area contributed by atoms with Crippen molar-refractivity contribution in [2.75, 3.05) is 0 Å². The van der Waals surface area contributed by atoms with Crippen molar-refractivity contribution >= 4 is 0 Å². The zero-order valence-electron chi connectivity index (χ0n) is 19.2. The van der Waals surface area contributed by atoms with E-state index in [-0.39, 0.29) is 0 Å². The van der Waals surface area contributed by atoms with E-state index in [9.17, 15) is 5.11 Å². The Morgan fingerprint density at radius 1 is 0.412 bits per heavy atom. The maximum Gasteiger partial charge on any atom is 0.123 e. The summed E-state index contributed by atoms with van der Waals surface area (Å²) in [5, 5.41) is 10.8. The molecular formula is C33H28O. The summed E-state index contributed by atoms with van der Waals surface area (Å²) in [5.41, 5.74) is 9.68. The summed E-state index contributed by atoms with van der Waals surface area (Å²) < 4.78 is 0. The molecule has 0 heterocycles. The van der Waals surface area contributed by atoms with Gasteiger partial charge in [0.05, 0.1) is 0 Å². The monoisotopic (exact) mass is 440 g/mol. The molecule has 0 spiro atoms. The van der Waals surface area contributed by atoms with Crippen LogP contribution in [0.4, 0.5) is 0 Å². The van der Waals surface area contributed by atoms with Gasteiger partial charge in [-0.1, -0.05) is 121 Å². The average molecular weight is 441 g/mol. The largest absolute Gasteiger partial charge is 0.507 e. The van der Waals surface area contributed by atoms with Gasteiger partial charge >= 0.3 is 0 Å². The maximum absolute atomic E-state index is 10.8. The Bertz CT molecular complexity index is 1360. The molecule has 0 unspecified atom stereocenters. The third kappa shape index (κ3) is 5.10. The van der Waals surface area contributed by atoms with Crippen LogP contribution in [0.25, 0.3) is 11.1 Å². The Morgan fingerprint density at radius 3 is 1.50 bits per heavy atom. The number of hydrogen-bond donors (Lipinski definition) is 1. The van der Waals surface area contributed by atoms with Crippen molar-refractivity contribution in [3.63, 3.8) is 0 Å². The minimum atomic E-state index is 0.319. The van der Waals surface area contributed by atoms with Gasteiger partial charge in [-0.15, -0.1) is 0 Å². The van der Waals surface area contributed by atoms with E-state index in [0.717, 1.165) is 30.4 Å². The topological polar surface area (TPSA) is 20.2 Å². The van der Waals surface area contributed by atoms with Gasteiger partial charge in [-0.2, -0.15) is 0 Å². The highest BCUT2D eigenvalue weighted by atomic mass is 16.3. The fourth-order valence-electron chi connectivity index (χ4n) is 4.66. The average Bonchev–Trinajstić information content (AvgIpc) is 2.88. The van der Waals surface area contributed by atoms with E-state index >= 15 is 0 Å². The predicted molar refractivity (Wildman–Crippen MR) is 141 cm³/mol. The van der Waals surface area contributed by atoms with E-state index in [1.165, 1.54) is 33.4 Å². The molecule has 34 heavy (non-hydrogen) atoms. The first-order chi connectivity index (χ1) is 16.8. The summed E-state index contributed by atoms with van der Waals surface area (Å²) in [4.78, 5) is 0. The minimum absolute atomic E-state index is 0.319. The van der Waals surface area contributed by atoms with Crippen LogP contribution in [0.2, 0.25) is 0 Å². The van der Waals surface area contributed by atoms with E-state index in [1.54, 1.807) is 6.07 Å². The SMILES string of the molecule is Oc1ccccc1-c1cc(Cc2ccccc2)cc(Cc2ccccc2)c1Cc1ccccc1. The van der Waals surface area contributed by atoms with E-state index in [1.807, 2.05) is 18.2 Å². The lowest BCUT2D eigenvalue weighted by Gasteiger charge is -2.19. The second kappa shape index (κ2) is 10.2. The van der Waals surface area contributed by atoms with Gasteiger partial charge in [0.15, 0.2) is 0 Å². The molecule has 1 N–H and O–H groups in total. The molecule has 1 heteroatoms. The number of para-hydroxylation sites is 1. The number of benzene rings is 5. The Balaban J connectivity index is 1.69. The first kappa shape index (κ1) is 21.7. The molecule has 0 fully saturated rings. The van der Waals surface area contributed by atoms with Crippen LogP contribution in [0, 0.1) is 0 Å². The van der Waals surface area contributed by atoms with E-state index < -0.39 is 0 Å². The summed E-state index contributed by atoms with van der Waals surface area (Å²) in [5.74, 6) is 0.319. The van der Waals surface area contributed by atoms with Gasteiger partial charge in [0.1, 0.15) is 5.75 Å². The molecular weight excluding hydrogens is 412 g/mol. The third-order valence-electron chi connectivity index (χ3n) is 6.31. The van der Waals surface area contributed by atoms with Crippen LogP contribution >= 0.6 is 0 Å². The van der Waals surface area contributed by atoms with E-state index in [0.29, 0.717) is 5.75 Å². The standard InChI is InChI=1S/C33H28O/c34-33-19-11-10-18-30(33)32-24-28(20-25-12-4-1-5-13-25)22-29(21-26-14-6-2-7-15-26)31(32)23-27-16-8-3-9-17-27/h1-19,22,24,34H,20-21,23H2. The Morgan fingerprint density at radius 2 is 0.912 bits per heavy atom. The van der Waals surface area contributed by atoms with Crippen molar-refractivity contribution in [2.24, 2.45) is 0 Å². The van der Waals surface area contributed by atoms with E-state index in [2.05, 4.69) is 103 Å². The molecule has 0 aliphatic rings. The molecule has 5 aromatic rings. The molecule has 166 valence electrons. The first-order valence-corrected chi connectivity index (χ1v) is 11.8.